The number of halogens is 1. The molecule has 0 unspecified atom stereocenters. The van der Waals surface area contributed by atoms with Gasteiger partial charge in [-0.2, -0.15) is 0 Å². The predicted octanol–water partition coefficient (Wildman–Crippen LogP) is 4.36. The Morgan fingerprint density at radius 3 is 2.23 bits per heavy atom. The molecule has 124 valence electrons. The molecule has 1 saturated carbocycles. The molecular formula is C19H30ClNO. The highest BCUT2D eigenvalue weighted by molar-refractivity contribution is 5.85. The molecule has 0 amide bonds. The van der Waals surface area contributed by atoms with E-state index in [4.69, 9.17) is 0 Å². The third-order valence-corrected chi connectivity index (χ3v) is 5.56. The van der Waals surface area contributed by atoms with Crippen LogP contribution in [0.3, 0.4) is 0 Å². The van der Waals surface area contributed by atoms with Gasteiger partial charge < -0.3 is 10.0 Å². The van der Waals surface area contributed by atoms with Crippen LogP contribution in [0.15, 0.2) is 30.3 Å². The Bertz CT molecular complexity index is 426. The first-order chi connectivity index (χ1) is 10.3. The summed E-state index contributed by atoms with van der Waals surface area (Å²) in [6.45, 7) is 3.48. The van der Waals surface area contributed by atoms with Crippen molar-refractivity contribution < 1.29 is 5.11 Å². The van der Waals surface area contributed by atoms with Gasteiger partial charge in [-0.1, -0.05) is 49.6 Å². The third-order valence-electron chi connectivity index (χ3n) is 5.56. The van der Waals surface area contributed by atoms with Gasteiger partial charge in [0, 0.05) is 6.54 Å². The Morgan fingerprint density at radius 2 is 1.59 bits per heavy atom. The van der Waals surface area contributed by atoms with Crippen LogP contribution in [-0.4, -0.2) is 29.6 Å². The lowest BCUT2D eigenvalue weighted by atomic mass is 9.77. The first kappa shape index (κ1) is 17.8. The molecule has 0 aromatic heterocycles. The zero-order valence-corrected chi connectivity index (χ0v) is 14.4. The molecule has 1 atom stereocenters. The lowest BCUT2D eigenvalue weighted by Crippen LogP contribution is -2.39. The first-order valence-corrected chi connectivity index (χ1v) is 8.79. The van der Waals surface area contributed by atoms with E-state index in [2.05, 4.69) is 29.2 Å². The molecule has 0 radical (unpaired) electrons. The highest BCUT2D eigenvalue weighted by Crippen LogP contribution is 2.42. The van der Waals surface area contributed by atoms with E-state index in [1.54, 1.807) is 0 Å². The largest absolute Gasteiger partial charge is 0.385 e. The smallest absolute Gasteiger partial charge is 0.0936 e. The van der Waals surface area contributed by atoms with Crippen LogP contribution < -0.4 is 0 Å². The molecule has 1 heterocycles. The molecule has 2 aliphatic rings. The van der Waals surface area contributed by atoms with Crippen molar-refractivity contribution >= 4 is 12.4 Å². The summed E-state index contributed by atoms with van der Waals surface area (Å²) in [7, 11) is 0. The van der Waals surface area contributed by atoms with Crippen molar-refractivity contribution in [3.05, 3.63) is 35.9 Å². The SMILES string of the molecule is Cl.O[C@](CCN1CCCCC1)(c1ccccc1)C1CCCC1. The van der Waals surface area contributed by atoms with Gasteiger partial charge in [0.25, 0.3) is 0 Å². The second kappa shape index (κ2) is 8.33. The minimum absolute atomic E-state index is 0. The average Bonchev–Trinajstić information content (AvgIpc) is 3.09. The molecule has 1 aromatic rings. The Kier molecular flexibility index (Phi) is 6.73. The summed E-state index contributed by atoms with van der Waals surface area (Å²) in [6, 6.07) is 10.4. The summed E-state index contributed by atoms with van der Waals surface area (Å²) < 4.78 is 0. The van der Waals surface area contributed by atoms with Crippen molar-refractivity contribution in [2.75, 3.05) is 19.6 Å². The van der Waals surface area contributed by atoms with Gasteiger partial charge in [-0.05, 0) is 56.7 Å². The summed E-state index contributed by atoms with van der Waals surface area (Å²) in [5.74, 6) is 0.449. The number of aliphatic hydroxyl groups is 1. The number of benzene rings is 1. The molecule has 0 spiro atoms. The van der Waals surface area contributed by atoms with E-state index >= 15 is 0 Å². The zero-order valence-electron chi connectivity index (χ0n) is 13.5. The molecule has 1 aliphatic carbocycles. The van der Waals surface area contributed by atoms with Gasteiger partial charge in [0.05, 0.1) is 5.60 Å². The maximum atomic E-state index is 11.5. The van der Waals surface area contributed by atoms with Crippen molar-refractivity contribution in [1.82, 2.24) is 4.90 Å². The van der Waals surface area contributed by atoms with Crippen LogP contribution in [0.4, 0.5) is 0 Å². The maximum Gasteiger partial charge on any atom is 0.0936 e. The number of nitrogens with zero attached hydrogens (tertiary/aromatic N) is 1. The van der Waals surface area contributed by atoms with E-state index in [1.807, 2.05) is 6.07 Å². The maximum absolute atomic E-state index is 11.5. The summed E-state index contributed by atoms with van der Waals surface area (Å²) in [6.07, 6.45) is 9.86. The zero-order chi connectivity index (χ0) is 14.5. The number of piperidine rings is 1. The summed E-state index contributed by atoms with van der Waals surface area (Å²) in [4.78, 5) is 2.55. The Morgan fingerprint density at radius 1 is 0.955 bits per heavy atom. The lowest BCUT2D eigenvalue weighted by molar-refractivity contribution is -0.0378. The minimum atomic E-state index is -0.616. The summed E-state index contributed by atoms with van der Waals surface area (Å²) in [5, 5.41) is 11.5. The van der Waals surface area contributed by atoms with Crippen LogP contribution in [-0.2, 0) is 5.60 Å². The third kappa shape index (κ3) is 4.04. The van der Waals surface area contributed by atoms with Crippen LogP contribution in [0, 0.1) is 5.92 Å². The van der Waals surface area contributed by atoms with Crippen molar-refractivity contribution in [2.45, 2.75) is 57.0 Å². The fourth-order valence-corrected chi connectivity index (χ4v) is 4.23. The van der Waals surface area contributed by atoms with E-state index in [0.717, 1.165) is 18.5 Å². The van der Waals surface area contributed by atoms with E-state index < -0.39 is 5.60 Å². The second-order valence-electron chi connectivity index (χ2n) is 6.92. The number of hydrogen-bond acceptors (Lipinski definition) is 2. The van der Waals surface area contributed by atoms with Gasteiger partial charge >= 0.3 is 0 Å². The minimum Gasteiger partial charge on any atom is -0.385 e. The van der Waals surface area contributed by atoms with E-state index in [-0.39, 0.29) is 12.4 Å². The van der Waals surface area contributed by atoms with E-state index in [9.17, 15) is 5.11 Å². The molecule has 1 N–H and O–H groups in total. The molecule has 22 heavy (non-hydrogen) atoms. The van der Waals surface area contributed by atoms with Crippen molar-refractivity contribution in [1.29, 1.82) is 0 Å². The Hall–Kier alpha value is -0.570. The first-order valence-electron chi connectivity index (χ1n) is 8.79. The summed E-state index contributed by atoms with van der Waals surface area (Å²) >= 11 is 0. The monoisotopic (exact) mass is 323 g/mol. The van der Waals surface area contributed by atoms with Crippen molar-refractivity contribution in [3.8, 4) is 0 Å². The molecule has 3 rings (SSSR count). The standard InChI is InChI=1S/C19H29NO.ClH/c21-19(18-11-5-6-12-18,17-9-3-1-4-10-17)13-16-20-14-7-2-8-15-20;/h1,3-4,9-10,18,21H,2,5-8,11-16H2;1H/t19-;/m1./s1. The summed E-state index contributed by atoms with van der Waals surface area (Å²) in [5.41, 5.74) is 0.517. The predicted molar refractivity (Wildman–Crippen MR) is 94.5 cm³/mol. The molecular weight excluding hydrogens is 294 g/mol. The van der Waals surface area contributed by atoms with Crippen molar-refractivity contribution in [2.24, 2.45) is 5.92 Å². The van der Waals surface area contributed by atoms with Crippen LogP contribution in [0.1, 0.15) is 56.9 Å². The molecule has 1 aromatic carbocycles. The topological polar surface area (TPSA) is 23.5 Å². The normalized spacial score (nSPS) is 23.0. The highest BCUT2D eigenvalue weighted by Gasteiger charge is 2.39. The second-order valence-corrected chi connectivity index (χ2v) is 6.92. The van der Waals surface area contributed by atoms with Gasteiger partial charge in [0.2, 0.25) is 0 Å². The quantitative estimate of drug-likeness (QED) is 0.870. The molecule has 1 aliphatic heterocycles. The molecule has 1 saturated heterocycles. The van der Waals surface area contributed by atoms with Crippen LogP contribution in [0.5, 0.6) is 0 Å². The molecule has 2 nitrogen and oxygen atoms in total. The van der Waals surface area contributed by atoms with Crippen LogP contribution >= 0.6 is 12.4 Å². The van der Waals surface area contributed by atoms with E-state index in [0.29, 0.717) is 5.92 Å². The van der Waals surface area contributed by atoms with Crippen LogP contribution in [0.2, 0.25) is 0 Å². The lowest BCUT2D eigenvalue weighted by Gasteiger charge is -2.37. The number of hydrogen-bond donors (Lipinski definition) is 1. The molecule has 0 bridgehead atoms. The van der Waals surface area contributed by atoms with Gasteiger partial charge in [-0.15, -0.1) is 12.4 Å². The molecule has 3 heteroatoms. The van der Waals surface area contributed by atoms with Gasteiger partial charge in [0.15, 0.2) is 0 Å². The van der Waals surface area contributed by atoms with Gasteiger partial charge in [-0.3, -0.25) is 0 Å². The fourth-order valence-electron chi connectivity index (χ4n) is 4.23. The average molecular weight is 324 g/mol. The number of likely N-dealkylation sites (tertiary alicyclic amines) is 1. The van der Waals surface area contributed by atoms with Crippen molar-refractivity contribution in [3.63, 3.8) is 0 Å². The van der Waals surface area contributed by atoms with Gasteiger partial charge in [-0.25, -0.2) is 0 Å². The Balaban J connectivity index is 0.00000176. The highest BCUT2D eigenvalue weighted by atomic mass is 35.5. The van der Waals surface area contributed by atoms with Gasteiger partial charge in [0.1, 0.15) is 0 Å². The van der Waals surface area contributed by atoms with E-state index in [1.165, 1.54) is 58.0 Å². The number of rotatable bonds is 5. The van der Waals surface area contributed by atoms with Crippen LogP contribution in [0.25, 0.3) is 0 Å². The fraction of sp³-hybridized carbons (Fsp3) is 0.684. The molecule has 2 fully saturated rings. The Labute approximate surface area is 141 Å².